The molecule has 0 heterocycles. The fraction of sp³-hybridized carbons (Fsp3) is 0.333. The van der Waals surface area contributed by atoms with Crippen molar-refractivity contribution in [1.82, 2.24) is 0 Å². The molecule has 1 aromatic carbocycles. The Balaban J connectivity index is 1.82. The van der Waals surface area contributed by atoms with Crippen molar-refractivity contribution in [2.75, 3.05) is 5.32 Å². The number of carbonyl (C=O) groups excluding carboxylic acids is 1. The van der Waals surface area contributed by atoms with Crippen LogP contribution in [0.15, 0.2) is 30.4 Å². The van der Waals surface area contributed by atoms with Crippen LogP contribution in [0.25, 0.3) is 0 Å². The van der Waals surface area contributed by atoms with Crippen LogP contribution in [0.3, 0.4) is 0 Å². The number of allylic oxidation sites excluding steroid dienone is 2. The third-order valence-electron chi connectivity index (χ3n) is 4.46. The van der Waals surface area contributed by atoms with E-state index in [9.17, 15) is 24.8 Å². The van der Waals surface area contributed by atoms with Gasteiger partial charge in [-0.3, -0.25) is 19.7 Å². The van der Waals surface area contributed by atoms with Gasteiger partial charge >= 0.3 is 5.97 Å². The summed E-state index contributed by atoms with van der Waals surface area (Å²) in [5.74, 6) is -3.10. The first-order chi connectivity index (χ1) is 10.9. The number of nitro groups is 1. The van der Waals surface area contributed by atoms with Crippen LogP contribution in [0.5, 0.6) is 0 Å². The van der Waals surface area contributed by atoms with Crippen molar-refractivity contribution in [3.05, 3.63) is 45.5 Å². The highest BCUT2D eigenvalue weighted by Crippen LogP contribution is 2.48. The zero-order valence-corrected chi connectivity index (χ0v) is 12.6. The van der Waals surface area contributed by atoms with Gasteiger partial charge in [0.1, 0.15) is 5.02 Å². The topological polar surface area (TPSA) is 110 Å². The molecule has 2 N–H and O–H groups in total. The highest BCUT2D eigenvalue weighted by atomic mass is 35.5. The molecule has 1 aromatic rings. The van der Waals surface area contributed by atoms with Crippen LogP contribution in [0.2, 0.25) is 5.02 Å². The number of aliphatic carboxylic acids is 1. The second-order valence-electron chi connectivity index (χ2n) is 5.75. The Morgan fingerprint density at radius 1 is 1.26 bits per heavy atom. The van der Waals surface area contributed by atoms with Gasteiger partial charge < -0.3 is 10.4 Å². The van der Waals surface area contributed by atoms with Crippen molar-refractivity contribution < 1.29 is 19.6 Å². The maximum atomic E-state index is 12.5. The summed E-state index contributed by atoms with van der Waals surface area (Å²) in [7, 11) is 0. The molecule has 8 heteroatoms. The molecule has 1 fully saturated rings. The highest BCUT2D eigenvalue weighted by molar-refractivity contribution is 6.32. The molecule has 7 nitrogen and oxygen atoms in total. The molecule has 1 saturated carbocycles. The van der Waals surface area contributed by atoms with E-state index in [1.807, 2.05) is 12.2 Å². The first-order valence-electron chi connectivity index (χ1n) is 7.04. The van der Waals surface area contributed by atoms with Crippen LogP contribution < -0.4 is 5.32 Å². The minimum Gasteiger partial charge on any atom is -0.481 e. The molecule has 4 atom stereocenters. The smallest absolute Gasteiger partial charge is 0.307 e. The molecule has 2 aliphatic rings. The van der Waals surface area contributed by atoms with Gasteiger partial charge in [-0.2, -0.15) is 0 Å². The zero-order chi connectivity index (χ0) is 16.7. The number of hydrogen-bond acceptors (Lipinski definition) is 4. The van der Waals surface area contributed by atoms with Gasteiger partial charge in [0.05, 0.1) is 16.8 Å². The molecule has 23 heavy (non-hydrogen) atoms. The van der Waals surface area contributed by atoms with Crippen molar-refractivity contribution in [3.8, 4) is 0 Å². The number of carboxylic acids is 1. The number of rotatable bonds is 4. The molecular formula is C15H13ClN2O5. The number of nitro benzene ring substituents is 1. The van der Waals surface area contributed by atoms with Gasteiger partial charge in [-0.15, -0.1) is 0 Å². The second kappa shape index (κ2) is 5.66. The van der Waals surface area contributed by atoms with Crippen LogP contribution in [0.1, 0.15) is 6.42 Å². The number of fused-ring (bicyclic) bond motifs is 2. The lowest BCUT2D eigenvalue weighted by Gasteiger charge is -2.23. The SMILES string of the molecule is O=C(O)[C@@H]1[C@@H](C(=O)Nc2ccc(Cl)c([N+](=O)[O-])c2)[C@H]2C=C[C@@H]1C2. The number of hydrogen-bond donors (Lipinski definition) is 2. The molecule has 0 unspecified atom stereocenters. The molecule has 0 saturated heterocycles. The van der Waals surface area contributed by atoms with Gasteiger partial charge in [-0.1, -0.05) is 23.8 Å². The van der Waals surface area contributed by atoms with Gasteiger partial charge in [0, 0.05) is 11.8 Å². The van der Waals surface area contributed by atoms with Crippen molar-refractivity contribution >= 4 is 34.9 Å². The monoisotopic (exact) mass is 336 g/mol. The molecule has 3 rings (SSSR count). The summed E-state index contributed by atoms with van der Waals surface area (Å²) < 4.78 is 0. The fourth-order valence-corrected chi connectivity index (χ4v) is 3.66. The Morgan fingerprint density at radius 3 is 2.52 bits per heavy atom. The van der Waals surface area contributed by atoms with Crippen LogP contribution in [-0.4, -0.2) is 21.9 Å². The van der Waals surface area contributed by atoms with Crippen LogP contribution >= 0.6 is 11.6 Å². The summed E-state index contributed by atoms with van der Waals surface area (Å²) in [6, 6.07) is 3.94. The van der Waals surface area contributed by atoms with E-state index in [2.05, 4.69) is 5.32 Å². The minimum atomic E-state index is -0.996. The van der Waals surface area contributed by atoms with Gasteiger partial charge in [0.2, 0.25) is 5.91 Å². The Hall–Kier alpha value is -2.41. The average Bonchev–Trinajstić information content (AvgIpc) is 3.09. The normalized spacial score (nSPS) is 27.9. The van der Waals surface area contributed by atoms with Crippen molar-refractivity contribution in [2.45, 2.75) is 6.42 Å². The standard InChI is InChI=1S/C15H13ClN2O5/c16-10-4-3-9(6-11(10)18(22)23)17-14(19)12-7-1-2-8(5-7)13(12)15(20)21/h1-4,6-8,12-13H,5H2,(H,17,19)(H,20,21)/t7-,8+,12-,13-/m0/s1. The van der Waals surface area contributed by atoms with Crippen LogP contribution in [0.4, 0.5) is 11.4 Å². The number of amides is 1. The predicted molar refractivity (Wildman–Crippen MR) is 82.1 cm³/mol. The van der Waals surface area contributed by atoms with Crippen LogP contribution in [-0.2, 0) is 9.59 Å². The summed E-state index contributed by atoms with van der Waals surface area (Å²) in [6.07, 6.45) is 4.37. The molecule has 0 spiro atoms. The maximum absolute atomic E-state index is 12.5. The number of halogens is 1. The molecule has 0 aromatic heterocycles. The number of carboxylic acid groups (broad SMARTS) is 1. The molecular weight excluding hydrogens is 324 g/mol. The van der Waals surface area contributed by atoms with Gasteiger partial charge in [-0.05, 0) is 30.4 Å². The number of carbonyl (C=O) groups is 2. The average molecular weight is 337 g/mol. The summed E-state index contributed by atoms with van der Waals surface area (Å²) in [5.41, 5.74) is -0.0888. The van der Waals surface area contributed by atoms with E-state index in [1.54, 1.807) is 0 Å². The lowest BCUT2D eigenvalue weighted by Crippen LogP contribution is -2.36. The Labute approximate surface area is 136 Å². The number of nitrogens with zero attached hydrogens (tertiary/aromatic N) is 1. The first kappa shape index (κ1) is 15.5. The van der Waals surface area contributed by atoms with Gasteiger partial charge in [-0.25, -0.2) is 0 Å². The quantitative estimate of drug-likeness (QED) is 0.499. The molecule has 1 amide bonds. The van der Waals surface area contributed by atoms with E-state index in [4.69, 9.17) is 11.6 Å². The van der Waals surface area contributed by atoms with E-state index in [0.29, 0.717) is 6.42 Å². The molecule has 2 aliphatic carbocycles. The van der Waals surface area contributed by atoms with Crippen LogP contribution in [0, 0.1) is 33.8 Å². The highest BCUT2D eigenvalue weighted by Gasteiger charge is 2.51. The van der Waals surface area contributed by atoms with Gasteiger partial charge in [0.15, 0.2) is 0 Å². The molecule has 0 aliphatic heterocycles. The van der Waals surface area contributed by atoms with Crippen molar-refractivity contribution in [2.24, 2.45) is 23.7 Å². The van der Waals surface area contributed by atoms with E-state index in [0.717, 1.165) is 0 Å². The summed E-state index contributed by atoms with van der Waals surface area (Å²) in [4.78, 5) is 34.1. The number of nitrogens with one attached hydrogen (secondary N) is 1. The Bertz CT molecular complexity index is 733. The summed E-state index contributed by atoms with van der Waals surface area (Å²) >= 11 is 5.73. The summed E-state index contributed by atoms with van der Waals surface area (Å²) in [6.45, 7) is 0. The van der Waals surface area contributed by atoms with Crippen molar-refractivity contribution in [3.63, 3.8) is 0 Å². The first-order valence-corrected chi connectivity index (χ1v) is 7.42. The Kier molecular flexibility index (Phi) is 3.81. The summed E-state index contributed by atoms with van der Waals surface area (Å²) in [5, 5.41) is 22.8. The second-order valence-corrected chi connectivity index (χ2v) is 6.16. The lowest BCUT2D eigenvalue weighted by atomic mass is 9.82. The third kappa shape index (κ3) is 2.68. The fourth-order valence-electron chi connectivity index (χ4n) is 3.47. The Morgan fingerprint density at radius 2 is 1.91 bits per heavy atom. The number of anilines is 1. The van der Waals surface area contributed by atoms with E-state index >= 15 is 0 Å². The molecule has 2 bridgehead atoms. The zero-order valence-electron chi connectivity index (χ0n) is 11.8. The predicted octanol–water partition coefficient (Wildman–Crippen LogP) is 2.71. The third-order valence-corrected chi connectivity index (χ3v) is 4.78. The van der Waals surface area contributed by atoms with E-state index < -0.39 is 28.6 Å². The molecule has 120 valence electrons. The molecule has 0 radical (unpaired) electrons. The lowest BCUT2D eigenvalue weighted by molar-refractivity contribution is -0.384. The largest absolute Gasteiger partial charge is 0.481 e. The minimum absolute atomic E-state index is 0.0285. The van der Waals surface area contributed by atoms with Crippen molar-refractivity contribution in [1.29, 1.82) is 0 Å². The number of benzene rings is 1. The van der Waals surface area contributed by atoms with Gasteiger partial charge in [0.25, 0.3) is 5.69 Å². The van der Waals surface area contributed by atoms with E-state index in [1.165, 1.54) is 18.2 Å². The van der Waals surface area contributed by atoms with E-state index in [-0.39, 0.29) is 28.2 Å². The maximum Gasteiger partial charge on any atom is 0.307 e.